The molecule has 0 spiro atoms. The van der Waals surface area contributed by atoms with E-state index in [-0.39, 0.29) is 11.4 Å². The second-order valence-corrected chi connectivity index (χ2v) is 6.35. The number of halogens is 1. The standard InChI is InChI=1S/C17H15BrN4O4/c1-3-12-16(21-9-10(18)4-7-15(21)20-12)17(23)19-11-5-6-14(26-2)13(8-11)22(24)25/h4-9H,3H2,1-2H3,(H,19,23). The van der Waals surface area contributed by atoms with Crippen LogP contribution in [0.15, 0.2) is 41.0 Å². The lowest BCUT2D eigenvalue weighted by atomic mass is 10.2. The van der Waals surface area contributed by atoms with Crippen LogP contribution >= 0.6 is 15.9 Å². The number of amides is 1. The van der Waals surface area contributed by atoms with Crippen molar-refractivity contribution in [3.63, 3.8) is 0 Å². The highest BCUT2D eigenvalue weighted by atomic mass is 79.9. The number of nitro benzene ring substituents is 1. The van der Waals surface area contributed by atoms with Crippen LogP contribution in [-0.2, 0) is 6.42 Å². The zero-order valence-corrected chi connectivity index (χ0v) is 15.6. The molecule has 0 fully saturated rings. The van der Waals surface area contributed by atoms with Gasteiger partial charge in [0, 0.05) is 22.4 Å². The lowest BCUT2D eigenvalue weighted by molar-refractivity contribution is -0.385. The SMILES string of the molecule is CCc1nc2ccc(Br)cn2c1C(=O)Nc1ccc(OC)c([N+](=O)[O-])c1. The highest BCUT2D eigenvalue weighted by Crippen LogP contribution is 2.30. The van der Waals surface area contributed by atoms with Crippen molar-refractivity contribution in [2.45, 2.75) is 13.3 Å². The van der Waals surface area contributed by atoms with Crippen LogP contribution in [0.3, 0.4) is 0 Å². The monoisotopic (exact) mass is 418 g/mol. The Hall–Kier alpha value is -2.94. The minimum Gasteiger partial charge on any atom is -0.490 e. The van der Waals surface area contributed by atoms with E-state index in [4.69, 9.17) is 4.74 Å². The lowest BCUT2D eigenvalue weighted by Crippen LogP contribution is -2.16. The molecule has 2 aromatic heterocycles. The molecule has 1 aromatic carbocycles. The van der Waals surface area contributed by atoms with Crippen molar-refractivity contribution in [1.29, 1.82) is 0 Å². The van der Waals surface area contributed by atoms with Crippen molar-refractivity contribution in [1.82, 2.24) is 9.38 Å². The Bertz CT molecular complexity index is 1020. The number of benzene rings is 1. The van der Waals surface area contributed by atoms with Gasteiger partial charge in [0.1, 0.15) is 11.3 Å². The van der Waals surface area contributed by atoms with Gasteiger partial charge in [0.15, 0.2) is 5.75 Å². The molecular weight excluding hydrogens is 404 g/mol. The summed E-state index contributed by atoms with van der Waals surface area (Å²) in [6, 6.07) is 7.91. The van der Waals surface area contributed by atoms with E-state index in [1.54, 1.807) is 22.7 Å². The molecule has 0 unspecified atom stereocenters. The molecular formula is C17H15BrN4O4. The van der Waals surface area contributed by atoms with Gasteiger partial charge < -0.3 is 10.1 Å². The fraction of sp³-hybridized carbons (Fsp3) is 0.176. The van der Waals surface area contributed by atoms with Gasteiger partial charge in [-0.25, -0.2) is 4.98 Å². The van der Waals surface area contributed by atoms with Crippen molar-refractivity contribution >= 4 is 38.9 Å². The molecule has 134 valence electrons. The average molecular weight is 419 g/mol. The third-order valence-corrected chi connectivity index (χ3v) is 4.31. The number of rotatable bonds is 5. The van der Waals surface area contributed by atoms with Gasteiger partial charge in [-0.05, 0) is 46.6 Å². The van der Waals surface area contributed by atoms with Gasteiger partial charge >= 0.3 is 5.69 Å². The first-order valence-corrected chi connectivity index (χ1v) is 8.54. The molecule has 8 nitrogen and oxygen atoms in total. The fourth-order valence-electron chi connectivity index (χ4n) is 2.66. The van der Waals surface area contributed by atoms with E-state index >= 15 is 0 Å². The molecule has 0 aliphatic rings. The van der Waals surface area contributed by atoms with Crippen LogP contribution in [0.4, 0.5) is 11.4 Å². The largest absolute Gasteiger partial charge is 0.490 e. The molecule has 0 radical (unpaired) electrons. The number of fused-ring (bicyclic) bond motifs is 1. The van der Waals surface area contributed by atoms with Crippen molar-refractivity contribution in [3.8, 4) is 5.75 Å². The van der Waals surface area contributed by atoms with Crippen molar-refractivity contribution < 1.29 is 14.5 Å². The van der Waals surface area contributed by atoms with Crippen molar-refractivity contribution in [2.24, 2.45) is 0 Å². The van der Waals surface area contributed by atoms with Gasteiger partial charge in [0.2, 0.25) is 0 Å². The minimum absolute atomic E-state index is 0.126. The Morgan fingerprint density at radius 2 is 2.15 bits per heavy atom. The van der Waals surface area contributed by atoms with Gasteiger partial charge in [-0.1, -0.05) is 6.92 Å². The highest BCUT2D eigenvalue weighted by Gasteiger charge is 2.21. The molecule has 3 aromatic rings. The fourth-order valence-corrected chi connectivity index (χ4v) is 2.99. The number of anilines is 1. The Morgan fingerprint density at radius 3 is 2.81 bits per heavy atom. The molecule has 0 saturated heterocycles. The second kappa shape index (κ2) is 7.12. The Morgan fingerprint density at radius 1 is 1.38 bits per heavy atom. The van der Waals surface area contributed by atoms with Gasteiger partial charge in [-0.3, -0.25) is 19.3 Å². The predicted octanol–water partition coefficient (Wildman–Crippen LogP) is 3.83. The summed E-state index contributed by atoms with van der Waals surface area (Å²) in [5, 5.41) is 13.9. The number of hydrogen-bond acceptors (Lipinski definition) is 5. The van der Waals surface area contributed by atoms with Crippen LogP contribution in [0.1, 0.15) is 23.1 Å². The summed E-state index contributed by atoms with van der Waals surface area (Å²) in [7, 11) is 1.35. The van der Waals surface area contributed by atoms with Crippen molar-refractivity contribution in [2.75, 3.05) is 12.4 Å². The first kappa shape index (κ1) is 17.9. The highest BCUT2D eigenvalue weighted by molar-refractivity contribution is 9.10. The van der Waals surface area contributed by atoms with Crippen LogP contribution in [0.25, 0.3) is 5.65 Å². The molecule has 26 heavy (non-hydrogen) atoms. The van der Waals surface area contributed by atoms with Crippen LogP contribution < -0.4 is 10.1 Å². The topological polar surface area (TPSA) is 98.8 Å². The van der Waals surface area contributed by atoms with Crippen LogP contribution in [0.5, 0.6) is 5.75 Å². The number of aromatic nitrogens is 2. The Balaban J connectivity index is 2.01. The van der Waals surface area contributed by atoms with E-state index in [2.05, 4.69) is 26.2 Å². The van der Waals surface area contributed by atoms with Gasteiger partial charge in [0.05, 0.1) is 17.7 Å². The molecule has 2 heterocycles. The summed E-state index contributed by atoms with van der Waals surface area (Å²) in [4.78, 5) is 27.9. The van der Waals surface area contributed by atoms with E-state index in [0.29, 0.717) is 29.1 Å². The number of nitrogens with one attached hydrogen (secondary N) is 1. The number of nitro groups is 1. The number of ether oxygens (including phenoxy) is 1. The summed E-state index contributed by atoms with van der Waals surface area (Å²) in [6.45, 7) is 1.91. The molecule has 3 rings (SSSR count). The van der Waals surface area contributed by atoms with E-state index in [0.717, 1.165) is 4.47 Å². The van der Waals surface area contributed by atoms with E-state index in [9.17, 15) is 14.9 Å². The van der Waals surface area contributed by atoms with Crippen molar-refractivity contribution in [3.05, 3.63) is 62.5 Å². The number of aryl methyl sites for hydroxylation is 1. The normalized spacial score (nSPS) is 10.7. The first-order valence-electron chi connectivity index (χ1n) is 7.74. The summed E-state index contributed by atoms with van der Waals surface area (Å²) < 4.78 is 7.47. The van der Waals surface area contributed by atoms with Crippen LogP contribution in [0, 0.1) is 10.1 Å². The third-order valence-electron chi connectivity index (χ3n) is 3.84. The number of carbonyl (C=O) groups excluding carboxylic acids is 1. The Labute approximate surface area is 157 Å². The summed E-state index contributed by atoms with van der Waals surface area (Å²) >= 11 is 3.39. The summed E-state index contributed by atoms with van der Waals surface area (Å²) in [5.74, 6) is -0.270. The zero-order chi connectivity index (χ0) is 18.8. The van der Waals surface area contributed by atoms with E-state index in [1.807, 2.05) is 13.0 Å². The van der Waals surface area contributed by atoms with Crippen LogP contribution in [0.2, 0.25) is 0 Å². The number of imidazole rings is 1. The molecule has 0 aliphatic heterocycles. The maximum Gasteiger partial charge on any atom is 0.312 e. The third kappa shape index (κ3) is 3.25. The molecule has 9 heteroatoms. The molecule has 1 N–H and O–H groups in total. The van der Waals surface area contributed by atoms with Gasteiger partial charge in [-0.2, -0.15) is 0 Å². The number of carbonyl (C=O) groups is 1. The molecule has 0 atom stereocenters. The maximum absolute atomic E-state index is 12.8. The molecule has 1 amide bonds. The maximum atomic E-state index is 12.8. The number of hydrogen-bond donors (Lipinski definition) is 1. The molecule has 0 saturated carbocycles. The number of nitrogens with zero attached hydrogens (tertiary/aromatic N) is 3. The zero-order valence-electron chi connectivity index (χ0n) is 14.0. The van der Waals surface area contributed by atoms with Gasteiger partial charge in [-0.15, -0.1) is 0 Å². The number of pyridine rings is 1. The minimum atomic E-state index is -0.558. The smallest absolute Gasteiger partial charge is 0.312 e. The molecule has 0 bridgehead atoms. The lowest BCUT2D eigenvalue weighted by Gasteiger charge is -2.08. The van der Waals surface area contributed by atoms with Gasteiger partial charge in [0.25, 0.3) is 5.91 Å². The summed E-state index contributed by atoms with van der Waals surface area (Å²) in [6.07, 6.45) is 2.33. The Kier molecular flexibility index (Phi) is 4.90. The second-order valence-electron chi connectivity index (χ2n) is 5.43. The summed E-state index contributed by atoms with van der Waals surface area (Å²) in [5.41, 5.74) is 1.76. The number of methoxy groups -OCH3 is 1. The van der Waals surface area contributed by atoms with E-state index in [1.165, 1.54) is 19.2 Å². The predicted molar refractivity (Wildman–Crippen MR) is 99.9 cm³/mol. The van der Waals surface area contributed by atoms with Crippen LogP contribution in [-0.4, -0.2) is 27.3 Å². The quantitative estimate of drug-likeness (QED) is 0.501. The first-order chi connectivity index (χ1) is 12.4. The molecule has 0 aliphatic carbocycles. The average Bonchev–Trinajstić information content (AvgIpc) is 2.99. The van der Waals surface area contributed by atoms with E-state index < -0.39 is 10.8 Å².